The molecule has 0 bridgehead atoms. The average molecular weight is 353 g/mol. The lowest BCUT2D eigenvalue weighted by Gasteiger charge is -2.07. The molecule has 0 radical (unpaired) electrons. The first-order valence-corrected chi connectivity index (χ1v) is 8.27. The van der Waals surface area contributed by atoms with Crippen molar-refractivity contribution in [1.29, 1.82) is 0 Å². The summed E-state index contributed by atoms with van der Waals surface area (Å²) in [6.45, 7) is 2.11. The van der Waals surface area contributed by atoms with Crippen LogP contribution in [0.1, 0.15) is 23.0 Å². The molecule has 1 heterocycles. The zero-order chi connectivity index (χ0) is 17.6. The molecular formula is C19H17ClN4O. The number of hydrogen-bond acceptors (Lipinski definition) is 4. The Hall–Kier alpha value is -2.92. The highest BCUT2D eigenvalue weighted by Gasteiger charge is 2.09. The standard InChI is InChI=1S/C19H17ClN4O/c1-2-13-6-8-15(9-7-13)23-18-12-21-17(11-22-18)19(25)24-16-5-3-4-14(20)10-16/h3-12H,2H2,1H3,(H,22,23)(H,24,25). The molecule has 25 heavy (non-hydrogen) atoms. The lowest BCUT2D eigenvalue weighted by Crippen LogP contribution is -2.14. The van der Waals surface area contributed by atoms with Crippen LogP contribution < -0.4 is 10.6 Å². The minimum Gasteiger partial charge on any atom is -0.339 e. The molecule has 0 saturated heterocycles. The minimum atomic E-state index is -0.339. The van der Waals surface area contributed by atoms with Crippen molar-refractivity contribution in [3.05, 3.63) is 77.2 Å². The number of carbonyl (C=O) groups excluding carboxylic acids is 1. The Balaban J connectivity index is 1.65. The van der Waals surface area contributed by atoms with Crippen molar-refractivity contribution in [2.75, 3.05) is 10.6 Å². The molecule has 126 valence electrons. The van der Waals surface area contributed by atoms with Gasteiger partial charge in [0, 0.05) is 16.4 Å². The molecule has 2 aromatic carbocycles. The normalized spacial score (nSPS) is 10.3. The lowest BCUT2D eigenvalue weighted by atomic mass is 10.1. The fourth-order valence-corrected chi connectivity index (χ4v) is 2.43. The van der Waals surface area contributed by atoms with E-state index in [0.29, 0.717) is 16.5 Å². The van der Waals surface area contributed by atoms with E-state index in [1.54, 1.807) is 24.3 Å². The summed E-state index contributed by atoms with van der Waals surface area (Å²) in [6, 6.07) is 15.0. The van der Waals surface area contributed by atoms with Crippen LogP contribution in [0.4, 0.5) is 17.2 Å². The van der Waals surface area contributed by atoms with Gasteiger partial charge in [-0.25, -0.2) is 9.97 Å². The van der Waals surface area contributed by atoms with Gasteiger partial charge in [-0.3, -0.25) is 4.79 Å². The Morgan fingerprint density at radius 3 is 2.48 bits per heavy atom. The molecule has 6 heteroatoms. The van der Waals surface area contributed by atoms with Crippen LogP contribution in [0.3, 0.4) is 0 Å². The van der Waals surface area contributed by atoms with Crippen LogP contribution in [0.2, 0.25) is 5.02 Å². The van der Waals surface area contributed by atoms with Gasteiger partial charge in [-0.05, 0) is 42.3 Å². The van der Waals surface area contributed by atoms with E-state index in [1.807, 2.05) is 12.1 Å². The Morgan fingerprint density at radius 2 is 1.84 bits per heavy atom. The number of aryl methyl sites for hydroxylation is 1. The summed E-state index contributed by atoms with van der Waals surface area (Å²) in [6.07, 6.45) is 3.96. The topological polar surface area (TPSA) is 66.9 Å². The third-order valence-electron chi connectivity index (χ3n) is 3.60. The molecule has 1 amide bonds. The van der Waals surface area contributed by atoms with Crippen molar-refractivity contribution in [3.8, 4) is 0 Å². The maximum absolute atomic E-state index is 12.2. The lowest BCUT2D eigenvalue weighted by molar-refractivity contribution is 0.102. The summed E-state index contributed by atoms with van der Waals surface area (Å²) in [5.41, 5.74) is 3.02. The van der Waals surface area contributed by atoms with Crippen molar-refractivity contribution in [1.82, 2.24) is 9.97 Å². The molecule has 3 rings (SSSR count). The molecule has 1 aromatic heterocycles. The van der Waals surface area contributed by atoms with Crippen LogP contribution in [0, 0.1) is 0 Å². The van der Waals surface area contributed by atoms with Crippen LogP contribution in [-0.2, 0) is 6.42 Å². The van der Waals surface area contributed by atoms with Gasteiger partial charge in [0.1, 0.15) is 11.5 Å². The molecule has 0 aliphatic rings. The highest BCUT2D eigenvalue weighted by molar-refractivity contribution is 6.30. The quantitative estimate of drug-likeness (QED) is 0.699. The Bertz CT molecular complexity index is 863. The number of nitrogens with zero attached hydrogens (tertiary/aromatic N) is 2. The molecule has 0 aliphatic carbocycles. The van der Waals surface area contributed by atoms with E-state index in [9.17, 15) is 4.79 Å². The molecule has 0 spiro atoms. The Morgan fingerprint density at radius 1 is 1.04 bits per heavy atom. The molecule has 0 aliphatic heterocycles. The highest BCUT2D eigenvalue weighted by atomic mass is 35.5. The number of halogens is 1. The van der Waals surface area contributed by atoms with Gasteiger partial charge in [0.05, 0.1) is 12.4 Å². The average Bonchev–Trinajstić information content (AvgIpc) is 2.63. The second kappa shape index (κ2) is 7.77. The summed E-state index contributed by atoms with van der Waals surface area (Å²) >= 11 is 5.90. The van der Waals surface area contributed by atoms with Gasteiger partial charge in [0.15, 0.2) is 0 Å². The van der Waals surface area contributed by atoms with Gasteiger partial charge in [-0.1, -0.05) is 36.7 Å². The van der Waals surface area contributed by atoms with E-state index in [1.165, 1.54) is 18.0 Å². The summed E-state index contributed by atoms with van der Waals surface area (Å²) in [5.74, 6) is 0.233. The number of hydrogen-bond donors (Lipinski definition) is 2. The van der Waals surface area contributed by atoms with E-state index >= 15 is 0 Å². The fraction of sp³-hybridized carbons (Fsp3) is 0.105. The number of rotatable bonds is 5. The van der Waals surface area contributed by atoms with Gasteiger partial charge in [0.25, 0.3) is 5.91 Å². The molecule has 0 unspecified atom stereocenters. The highest BCUT2D eigenvalue weighted by Crippen LogP contribution is 2.17. The SMILES string of the molecule is CCc1ccc(Nc2cnc(C(=O)Nc3cccc(Cl)c3)cn2)cc1. The third-order valence-corrected chi connectivity index (χ3v) is 3.84. The summed E-state index contributed by atoms with van der Waals surface area (Å²) in [4.78, 5) is 20.6. The zero-order valence-corrected chi connectivity index (χ0v) is 14.4. The molecule has 0 atom stereocenters. The van der Waals surface area contributed by atoms with Gasteiger partial charge in [-0.15, -0.1) is 0 Å². The van der Waals surface area contributed by atoms with E-state index in [4.69, 9.17) is 11.6 Å². The van der Waals surface area contributed by atoms with Gasteiger partial charge >= 0.3 is 0 Å². The smallest absolute Gasteiger partial charge is 0.275 e. The number of nitrogens with one attached hydrogen (secondary N) is 2. The number of aromatic nitrogens is 2. The summed E-state index contributed by atoms with van der Waals surface area (Å²) in [7, 11) is 0. The summed E-state index contributed by atoms with van der Waals surface area (Å²) < 4.78 is 0. The molecule has 0 fully saturated rings. The van der Waals surface area contributed by atoms with E-state index in [-0.39, 0.29) is 11.6 Å². The number of anilines is 3. The zero-order valence-electron chi connectivity index (χ0n) is 13.7. The van der Waals surface area contributed by atoms with Crippen molar-refractivity contribution in [2.45, 2.75) is 13.3 Å². The van der Waals surface area contributed by atoms with Crippen molar-refractivity contribution < 1.29 is 4.79 Å². The van der Waals surface area contributed by atoms with Crippen LogP contribution in [0.25, 0.3) is 0 Å². The van der Waals surface area contributed by atoms with Crippen LogP contribution >= 0.6 is 11.6 Å². The number of carbonyl (C=O) groups is 1. The first kappa shape index (κ1) is 16.9. The molecule has 5 nitrogen and oxygen atoms in total. The van der Waals surface area contributed by atoms with Crippen LogP contribution in [0.15, 0.2) is 60.9 Å². The van der Waals surface area contributed by atoms with Crippen LogP contribution in [-0.4, -0.2) is 15.9 Å². The first-order chi connectivity index (χ1) is 12.1. The Labute approximate surface area is 151 Å². The van der Waals surface area contributed by atoms with Gasteiger partial charge in [0.2, 0.25) is 0 Å². The second-order valence-electron chi connectivity index (χ2n) is 5.43. The third kappa shape index (κ3) is 4.55. The van der Waals surface area contributed by atoms with Crippen molar-refractivity contribution >= 4 is 34.7 Å². The largest absolute Gasteiger partial charge is 0.339 e. The molecular weight excluding hydrogens is 336 g/mol. The number of benzene rings is 2. The number of amides is 1. The minimum absolute atomic E-state index is 0.229. The van der Waals surface area contributed by atoms with Gasteiger partial charge in [-0.2, -0.15) is 0 Å². The molecule has 0 saturated carbocycles. The Kier molecular flexibility index (Phi) is 5.26. The summed E-state index contributed by atoms with van der Waals surface area (Å²) in [5, 5.41) is 6.44. The van der Waals surface area contributed by atoms with E-state index in [2.05, 4.69) is 39.7 Å². The fourth-order valence-electron chi connectivity index (χ4n) is 2.24. The maximum atomic E-state index is 12.2. The predicted octanol–water partition coefficient (Wildman–Crippen LogP) is 4.69. The monoisotopic (exact) mass is 352 g/mol. The molecule has 2 N–H and O–H groups in total. The second-order valence-corrected chi connectivity index (χ2v) is 5.86. The maximum Gasteiger partial charge on any atom is 0.275 e. The van der Waals surface area contributed by atoms with E-state index in [0.717, 1.165) is 12.1 Å². The molecule has 3 aromatic rings. The van der Waals surface area contributed by atoms with Gasteiger partial charge < -0.3 is 10.6 Å². The predicted molar refractivity (Wildman–Crippen MR) is 101 cm³/mol. The first-order valence-electron chi connectivity index (χ1n) is 7.89. The van der Waals surface area contributed by atoms with Crippen molar-refractivity contribution in [2.24, 2.45) is 0 Å². The van der Waals surface area contributed by atoms with Crippen molar-refractivity contribution in [3.63, 3.8) is 0 Å². The van der Waals surface area contributed by atoms with Crippen LogP contribution in [0.5, 0.6) is 0 Å². The van der Waals surface area contributed by atoms with E-state index < -0.39 is 0 Å².